The number of hydrogen-bond acceptors (Lipinski definition) is 7. The van der Waals surface area contributed by atoms with Crippen LogP contribution < -0.4 is 11.5 Å². The Morgan fingerprint density at radius 1 is 1.19 bits per heavy atom. The van der Waals surface area contributed by atoms with Gasteiger partial charge in [0.05, 0.1) is 23.4 Å². The number of pyridine rings is 1. The molecular weight excluding hydrogens is 411 g/mol. The molecule has 3 aromatic heterocycles. The van der Waals surface area contributed by atoms with E-state index in [2.05, 4.69) is 15.1 Å². The van der Waals surface area contributed by atoms with Crippen LogP contribution in [0.1, 0.15) is 36.9 Å². The van der Waals surface area contributed by atoms with Gasteiger partial charge in [-0.25, -0.2) is 18.9 Å². The average Bonchev–Trinajstić information content (AvgIpc) is 3.22. The summed E-state index contributed by atoms with van der Waals surface area (Å²) in [5.41, 5.74) is 13.5. The van der Waals surface area contributed by atoms with Crippen molar-refractivity contribution in [1.82, 2.24) is 19.6 Å². The third-order valence-corrected chi connectivity index (χ3v) is 6.84. The highest BCUT2D eigenvalue weighted by molar-refractivity contribution is 5.80. The van der Waals surface area contributed by atoms with Gasteiger partial charge >= 0.3 is 0 Å². The first-order valence-corrected chi connectivity index (χ1v) is 10.6. The number of aromatic nitrogens is 4. The van der Waals surface area contributed by atoms with Gasteiger partial charge in [0.25, 0.3) is 0 Å². The number of benzene rings is 1. The van der Waals surface area contributed by atoms with Crippen molar-refractivity contribution in [2.24, 2.45) is 5.41 Å². The van der Waals surface area contributed by atoms with E-state index in [0.29, 0.717) is 30.8 Å². The fourth-order valence-corrected chi connectivity index (χ4v) is 4.98. The molecule has 0 spiro atoms. The molecule has 32 heavy (non-hydrogen) atoms. The molecule has 166 valence electrons. The molecule has 1 saturated carbocycles. The molecule has 4 aromatic rings. The predicted molar refractivity (Wildman–Crippen MR) is 119 cm³/mol. The molecular formula is C23H25FN6O2. The van der Waals surface area contributed by atoms with Crippen LogP contribution in [0, 0.1) is 11.2 Å². The molecule has 1 aliphatic carbocycles. The number of anilines is 2. The van der Waals surface area contributed by atoms with Gasteiger partial charge < -0.3 is 21.7 Å². The quantitative estimate of drug-likeness (QED) is 0.386. The maximum atomic E-state index is 14.5. The van der Waals surface area contributed by atoms with Gasteiger partial charge in [-0.1, -0.05) is 19.1 Å². The molecule has 3 heterocycles. The molecule has 0 bridgehead atoms. The Labute approximate surface area is 183 Å². The first kappa shape index (κ1) is 20.6. The SMILES string of the molecule is C[C@]1(CCc2ccc3ccc(N)nc3c2)C[C@@H](c2cc(F)c3c(N)ncnn23)[C@H](O)[C@@H]1O. The fraction of sp³-hybridized carbons (Fsp3) is 0.348. The monoisotopic (exact) mass is 436 g/mol. The number of nitrogens with zero attached hydrogens (tertiary/aromatic N) is 4. The summed E-state index contributed by atoms with van der Waals surface area (Å²) in [5.74, 6) is -0.532. The Morgan fingerprint density at radius 2 is 1.97 bits per heavy atom. The Kier molecular flexibility index (Phi) is 4.75. The van der Waals surface area contributed by atoms with Crippen LogP contribution in [-0.2, 0) is 6.42 Å². The molecule has 0 aliphatic heterocycles. The van der Waals surface area contributed by atoms with Crippen LogP contribution in [0.4, 0.5) is 16.0 Å². The van der Waals surface area contributed by atoms with E-state index < -0.39 is 29.4 Å². The smallest absolute Gasteiger partial charge is 0.154 e. The van der Waals surface area contributed by atoms with E-state index >= 15 is 0 Å². The van der Waals surface area contributed by atoms with Gasteiger partial charge in [0.1, 0.15) is 17.7 Å². The van der Waals surface area contributed by atoms with Crippen molar-refractivity contribution < 1.29 is 14.6 Å². The van der Waals surface area contributed by atoms with Crippen molar-refractivity contribution in [3.8, 4) is 0 Å². The van der Waals surface area contributed by atoms with Gasteiger partial charge in [-0.05, 0) is 54.5 Å². The van der Waals surface area contributed by atoms with E-state index in [-0.39, 0.29) is 11.3 Å². The van der Waals surface area contributed by atoms with Gasteiger partial charge in [0.2, 0.25) is 0 Å². The number of hydrogen-bond donors (Lipinski definition) is 4. The molecule has 8 nitrogen and oxygen atoms in total. The molecule has 0 radical (unpaired) electrons. The van der Waals surface area contributed by atoms with Gasteiger partial charge in [0.15, 0.2) is 11.6 Å². The van der Waals surface area contributed by atoms with E-state index in [1.807, 2.05) is 31.2 Å². The summed E-state index contributed by atoms with van der Waals surface area (Å²) in [4.78, 5) is 8.22. The number of nitrogen functional groups attached to an aromatic ring is 2. The molecule has 1 aliphatic rings. The minimum absolute atomic E-state index is 0.0325. The van der Waals surface area contributed by atoms with Crippen molar-refractivity contribution in [1.29, 1.82) is 0 Å². The lowest BCUT2D eigenvalue weighted by Gasteiger charge is -2.28. The molecule has 0 amide bonds. The second-order valence-corrected chi connectivity index (χ2v) is 8.99. The number of halogens is 1. The van der Waals surface area contributed by atoms with Crippen LogP contribution in [0.5, 0.6) is 0 Å². The second kappa shape index (κ2) is 7.39. The summed E-state index contributed by atoms with van der Waals surface area (Å²) >= 11 is 0. The Bertz CT molecular complexity index is 1320. The predicted octanol–water partition coefficient (Wildman–Crippen LogP) is 2.43. The van der Waals surface area contributed by atoms with Gasteiger partial charge in [-0.15, -0.1) is 0 Å². The minimum atomic E-state index is -1.05. The van der Waals surface area contributed by atoms with Crippen LogP contribution >= 0.6 is 0 Å². The summed E-state index contributed by atoms with van der Waals surface area (Å²) in [7, 11) is 0. The molecule has 4 atom stereocenters. The zero-order valence-electron chi connectivity index (χ0n) is 17.6. The zero-order valence-corrected chi connectivity index (χ0v) is 17.6. The van der Waals surface area contributed by atoms with Crippen molar-refractivity contribution in [3.63, 3.8) is 0 Å². The van der Waals surface area contributed by atoms with E-state index in [0.717, 1.165) is 16.5 Å². The molecule has 1 fully saturated rings. The summed E-state index contributed by atoms with van der Waals surface area (Å²) in [6.45, 7) is 1.95. The van der Waals surface area contributed by atoms with Crippen LogP contribution in [0.3, 0.4) is 0 Å². The lowest BCUT2D eigenvalue weighted by atomic mass is 9.80. The van der Waals surface area contributed by atoms with E-state index in [1.165, 1.54) is 16.9 Å². The molecule has 0 unspecified atom stereocenters. The zero-order chi connectivity index (χ0) is 22.6. The third-order valence-electron chi connectivity index (χ3n) is 6.84. The minimum Gasteiger partial charge on any atom is -0.390 e. The second-order valence-electron chi connectivity index (χ2n) is 8.99. The van der Waals surface area contributed by atoms with Crippen molar-refractivity contribution in [2.45, 2.75) is 44.3 Å². The molecule has 1 aromatic carbocycles. The Morgan fingerprint density at radius 3 is 2.78 bits per heavy atom. The molecule has 5 rings (SSSR count). The number of aryl methyl sites for hydroxylation is 1. The van der Waals surface area contributed by atoms with Gasteiger partial charge in [-0.2, -0.15) is 5.10 Å². The lowest BCUT2D eigenvalue weighted by molar-refractivity contribution is -0.0204. The number of nitrogens with two attached hydrogens (primary N) is 2. The molecule has 6 N–H and O–H groups in total. The molecule has 9 heteroatoms. The number of rotatable bonds is 4. The van der Waals surface area contributed by atoms with Crippen molar-refractivity contribution >= 4 is 28.1 Å². The Balaban J connectivity index is 1.41. The normalized spacial score (nSPS) is 25.7. The highest BCUT2D eigenvalue weighted by Crippen LogP contribution is 2.49. The maximum absolute atomic E-state index is 14.5. The topological polar surface area (TPSA) is 136 Å². The highest BCUT2D eigenvalue weighted by Gasteiger charge is 2.50. The van der Waals surface area contributed by atoms with Crippen LogP contribution in [-0.4, -0.2) is 42.0 Å². The first-order valence-electron chi connectivity index (χ1n) is 10.6. The fourth-order valence-electron chi connectivity index (χ4n) is 4.98. The van der Waals surface area contributed by atoms with Crippen LogP contribution in [0.2, 0.25) is 0 Å². The van der Waals surface area contributed by atoms with Crippen molar-refractivity contribution in [2.75, 3.05) is 11.5 Å². The lowest BCUT2D eigenvalue weighted by Crippen LogP contribution is -2.34. The molecule has 0 saturated heterocycles. The van der Waals surface area contributed by atoms with E-state index in [1.54, 1.807) is 6.07 Å². The highest BCUT2D eigenvalue weighted by atomic mass is 19.1. The summed E-state index contributed by atoms with van der Waals surface area (Å²) in [5, 5.41) is 26.9. The summed E-state index contributed by atoms with van der Waals surface area (Å²) < 4.78 is 15.9. The van der Waals surface area contributed by atoms with Crippen LogP contribution in [0.15, 0.2) is 42.7 Å². The van der Waals surface area contributed by atoms with Crippen LogP contribution in [0.25, 0.3) is 16.4 Å². The third kappa shape index (κ3) is 3.25. The maximum Gasteiger partial charge on any atom is 0.154 e. The largest absolute Gasteiger partial charge is 0.390 e. The average molecular weight is 436 g/mol. The van der Waals surface area contributed by atoms with Gasteiger partial charge in [-0.3, -0.25) is 0 Å². The van der Waals surface area contributed by atoms with E-state index in [4.69, 9.17) is 11.5 Å². The first-order chi connectivity index (χ1) is 15.3. The van der Waals surface area contributed by atoms with Gasteiger partial charge in [0, 0.05) is 11.3 Å². The standard InChI is InChI=1S/C23H25FN6O2/c1-23(7-6-12-2-3-13-4-5-18(25)29-16(13)8-12)10-14(20(31)21(23)32)17-9-15(24)19-22(26)27-11-28-30(17)19/h2-5,8-9,11,14,20-21,31-32H,6-7,10H2,1H3,(H2,25,29)(H2,26,27,28)/t14-,20-,21-,23-/m0/s1. The summed E-state index contributed by atoms with van der Waals surface area (Å²) in [6, 6.07) is 11.1. The Hall–Kier alpha value is -3.30. The van der Waals surface area contributed by atoms with E-state index in [9.17, 15) is 14.6 Å². The number of aliphatic hydroxyl groups excluding tert-OH is 2. The number of aliphatic hydroxyl groups is 2. The summed E-state index contributed by atoms with van der Waals surface area (Å²) in [6.07, 6.45) is 1.05. The number of fused-ring (bicyclic) bond motifs is 2. The van der Waals surface area contributed by atoms with Crippen molar-refractivity contribution in [3.05, 3.63) is 59.8 Å².